The van der Waals surface area contributed by atoms with Gasteiger partial charge in [-0.2, -0.15) is 0 Å². The highest BCUT2D eigenvalue weighted by atomic mass is 79.9. The highest BCUT2D eigenvalue weighted by Crippen LogP contribution is 2.33. The molecule has 0 aliphatic carbocycles. The average molecular weight is 382 g/mol. The molecule has 1 aliphatic heterocycles. The van der Waals surface area contributed by atoms with Crippen LogP contribution in [-0.2, 0) is 4.74 Å². The first-order valence-electron chi connectivity index (χ1n) is 6.05. The van der Waals surface area contributed by atoms with E-state index in [-0.39, 0.29) is 12.1 Å². The van der Waals surface area contributed by atoms with Gasteiger partial charge in [-0.15, -0.1) is 0 Å². The summed E-state index contributed by atoms with van der Waals surface area (Å²) in [6, 6.07) is 2.42. The Balaban J connectivity index is 2.21. The summed E-state index contributed by atoms with van der Waals surface area (Å²) in [6.07, 6.45) is 0.233. The van der Waals surface area contributed by atoms with E-state index in [0.717, 1.165) is 23.4 Å². The second-order valence-corrected chi connectivity index (χ2v) is 6.29. The van der Waals surface area contributed by atoms with Crippen LogP contribution < -0.4 is 5.73 Å². The molecule has 0 radical (unpaired) electrons. The van der Waals surface area contributed by atoms with Gasteiger partial charge in [-0.1, -0.05) is 0 Å². The molecule has 3 unspecified atom stereocenters. The minimum absolute atomic E-state index is 0.0916. The van der Waals surface area contributed by atoms with Crippen molar-refractivity contribution in [2.24, 2.45) is 5.73 Å². The van der Waals surface area contributed by atoms with Gasteiger partial charge in [0.25, 0.3) is 0 Å². The average Bonchev–Trinajstić information content (AvgIpc) is 2.65. The summed E-state index contributed by atoms with van der Waals surface area (Å²) in [4.78, 5) is 2.35. The summed E-state index contributed by atoms with van der Waals surface area (Å²) in [5.41, 5.74) is 5.93. The van der Waals surface area contributed by atoms with E-state index in [2.05, 4.69) is 50.6 Å². The lowest BCUT2D eigenvalue weighted by atomic mass is 10.1. The lowest BCUT2D eigenvalue weighted by Crippen LogP contribution is -2.50. The lowest BCUT2D eigenvalue weighted by molar-refractivity contribution is -0.0682. The van der Waals surface area contributed by atoms with Gasteiger partial charge < -0.3 is 14.9 Å². The summed E-state index contributed by atoms with van der Waals surface area (Å²) >= 11 is 6.81. The molecule has 1 aromatic rings. The first kappa shape index (κ1) is 14.5. The topological polar surface area (TPSA) is 51.6 Å². The largest absolute Gasteiger partial charge is 0.451 e. The molecule has 6 heteroatoms. The Morgan fingerprint density at radius 2 is 2.22 bits per heavy atom. The van der Waals surface area contributed by atoms with E-state index in [9.17, 15) is 0 Å². The molecule has 18 heavy (non-hydrogen) atoms. The number of furan rings is 1. The molecule has 1 aliphatic rings. The number of hydrogen-bond donors (Lipinski definition) is 1. The van der Waals surface area contributed by atoms with Gasteiger partial charge in [0.15, 0.2) is 4.67 Å². The number of nitrogens with two attached hydrogens (primary N) is 1. The fourth-order valence-corrected chi connectivity index (χ4v) is 2.91. The van der Waals surface area contributed by atoms with Gasteiger partial charge in [0.1, 0.15) is 5.76 Å². The van der Waals surface area contributed by atoms with Crippen LogP contribution in [0.3, 0.4) is 0 Å². The van der Waals surface area contributed by atoms with Crippen LogP contribution in [0.1, 0.15) is 25.6 Å². The van der Waals surface area contributed by atoms with E-state index in [1.807, 2.05) is 6.07 Å². The molecule has 1 aromatic heterocycles. The van der Waals surface area contributed by atoms with Gasteiger partial charge in [0.05, 0.1) is 23.2 Å². The molecular weight excluding hydrogens is 364 g/mol. The quantitative estimate of drug-likeness (QED) is 0.874. The Hall–Kier alpha value is 0.120. The highest BCUT2D eigenvalue weighted by Gasteiger charge is 2.31. The second-order valence-electron chi connectivity index (χ2n) is 4.71. The van der Waals surface area contributed by atoms with Crippen molar-refractivity contribution >= 4 is 31.9 Å². The molecular formula is C12H18Br2N2O2. The normalized spacial score (nSPS) is 27.4. The van der Waals surface area contributed by atoms with Crippen LogP contribution in [0.2, 0.25) is 0 Å². The zero-order valence-electron chi connectivity index (χ0n) is 10.5. The van der Waals surface area contributed by atoms with Crippen molar-refractivity contribution in [3.8, 4) is 0 Å². The Labute approximate surface area is 124 Å². The first-order chi connectivity index (χ1) is 8.52. The van der Waals surface area contributed by atoms with Gasteiger partial charge in [0, 0.05) is 19.1 Å². The Bertz CT molecular complexity index is 391. The van der Waals surface area contributed by atoms with Crippen LogP contribution in [0.25, 0.3) is 0 Å². The van der Waals surface area contributed by atoms with Gasteiger partial charge in [-0.05, 0) is 51.8 Å². The van der Waals surface area contributed by atoms with E-state index in [1.54, 1.807) is 0 Å². The maximum atomic E-state index is 5.93. The molecule has 3 atom stereocenters. The predicted molar refractivity (Wildman–Crippen MR) is 77.5 cm³/mol. The standard InChI is InChI=1S/C12H18Br2N2O2/c1-7-6-17-8(2)5-16(7)10(4-15)11-3-9(13)12(14)18-11/h3,7-8,10H,4-6,15H2,1-2H3. The molecule has 0 bridgehead atoms. The van der Waals surface area contributed by atoms with Gasteiger partial charge >= 0.3 is 0 Å². The van der Waals surface area contributed by atoms with Crippen LogP contribution in [0.5, 0.6) is 0 Å². The van der Waals surface area contributed by atoms with E-state index < -0.39 is 0 Å². The van der Waals surface area contributed by atoms with Crippen LogP contribution in [0.15, 0.2) is 19.6 Å². The van der Waals surface area contributed by atoms with Crippen LogP contribution in [-0.4, -0.2) is 36.7 Å². The molecule has 0 spiro atoms. The zero-order chi connectivity index (χ0) is 13.3. The van der Waals surface area contributed by atoms with Crippen molar-refractivity contribution in [3.05, 3.63) is 21.0 Å². The molecule has 4 nitrogen and oxygen atoms in total. The van der Waals surface area contributed by atoms with Crippen LogP contribution >= 0.6 is 31.9 Å². The third-order valence-corrected chi connectivity index (χ3v) is 4.98. The third kappa shape index (κ3) is 2.99. The molecule has 0 amide bonds. The van der Waals surface area contributed by atoms with Crippen molar-refractivity contribution in [1.82, 2.24) is 4.90 Å². The number of hydrogen-bond acceptors (Lipinski definition) is 4. The number of ether oxygens (including phenoxy) is 1. The predicted octanol–water partition coefficient (Wildman–Crippen LogP) is 2.91. The molecule has 2 N–H and O–H groups in total. The van der Waals surface area contributed by atoms with Gasteiger partial charge in [-0.25, -0.2) is 0 Å². The van der Waals surface area contributed by atoms with Crippen molar-refractivity contribution in [2.75, 3.05) is 19.7 Å². The minimum Gasteiger partial charge on any atom is -0.451 e. The third-order valence-electron chi connectivity index (χ3n) is 3.27. The van der Waals surface area contributed by atoms with Gasteiger partial charge in [-0.3, -0.25) is 4.90 Å². The summed E-state index contributed by atoms with van der Waals surface area (Å²) in [6.45, 7) is 6.38. The maximum absolute atomic E-state index is 5.93. The Kier molecular flexibility index (Phi) is 4.88. The molecule has 102 valence electrons. The second kappa shape index (κ2) is 6.05. The molecule has 1 saturated heterocycles. The van der Waals surface area contributed by atoms with Crippen molar-refractivity contribution in [2.45, 2.75) is 32.0 Å². The molecule has 0 aromatic carbocycles. The first-order valence-corrected chi connectivity index (χ1v) is 7.63. The smallest absolute Gasteiger partial charge is 0.183 e. The zero-order valence-corrected chi connectivity index (χ0v) is 13.7. The fourth-order valence-electron chi connectivity index (χ4n) is 2.31. The monoisotopic (exact) mass is 380 g/mol. The molecule has 1 fully saturated rings. The summed E-state index contributed by atoms with van der Waals surface area (Å²) in [5, 5.41) is 0. The van der Waals surface area contributed by atoms with Gasteiger partial charge in [0.2, 0.25) is 0 Å². The maximum Gasteiger partial charge on any atom is 0.183 e. The van der Waals surface area contributed by atoms with Crippen LogP contribution in [0.4, 0.5) is 0 Å². The summed E-state index contributed by atoms with van der Waals surface area (Å²) < 4.78 is 13.0. The highest BCUT2D eigenvalue weighted by molar-refractivity contribution is 9.13. The molecule has 0 saturated carbocycles. The summed E-state index contributed by atoms with van der Waals surface area (Å²) in [5.74, 6) is 0.886. The fraction of sp³-hybridized carbons (Fsp3) is 0.667. The number of halogens is 2. The lowest BCUT2D eigenvalue weighted by Gasteiger charge is -2.40. The molecule has 2 rings (SSSR count). The van der Waals surface area contributed by atoms with Crippen molar-refractivity contribution < 1.29 is 9.15 Å². The van der Waals surface area contributed by atoms with E-state index in [1.165, 1.54) is 0 Å². The van der Waals surface area contributed by atoms with Crippen LogP contribution in [0, 0.1) is 0 Å². The van der Waals surface area contributed by atoms with Crippen molar-refractivity contribution in [3.63, 3.8) is 0 Å². The molecule has 2 heterocycles. The SMILES string of the molecule is CC1CN(C(CN)c2cc(Br)c(Br)o2)C(C)CO1. The number of morpholine rings is 1. The van der Waals surface area contributed by atoms with E-state index >= 15 is 0 Å². The Morgan fingerprint density at radius 3 is 2.78 bits per heavy atom. The summed E-state index contributed by atoms with van der Waals surface area (Å²) in [7, 11) is 0. The number of nitrogens with zero attached hydrogens (tertiary/aromatic N) is 1. The Morgan fingerprint density at radius 1 is 1.50 bits per heavy atom. The van der Waals surface area contributed by atoms with E-state index in [0.29, 0.717) is 17.3 Å². The minimum atomic E-state index is 0.0916. The number of rotatable bonds is 3. The van der Waals surface area contributed by atoms with E-state index in [4.69, 9.17) is 14.9 Å². The van der Waals surface area contributed by atoms with Crippen molar-refractivity contribution in [1.29, 1.82) is 0 Å².